The van der Waals surface area contributed by atoms with Crippen LogP contribution >= 0.6 is 0 Å². The fourth-order valence-corrected chi connectivity index (χ4v) is 4.52. The maximum Gasteiger partial charge on any atom is 0.295 e. The summed E-state index contributed by atoms with van der Waals surface area (Å²) < 4.78 is 5.19. The molecule has 2 aliphatic rings. The van der Waals surface area contributed by atoms with Gasteiger partial charge in [-0.3, -0.25) is 9.59 Å². The molecule has 0 bridgehead atoms. The Bertz CT molecular complexity index is 1010. The van der Waals surface area contributed by atoms with Crippen molar-refractivity contribution in [2.75, 3.05) is 46.4 Å². The molecule has 4 N–H and O–H groups in total. The molecule has 1 unspecified atom stereocenters. The zero-order chi connectivity index (χ0) is 22.7. The van der Waals surface area contributed by atoms with E-state index in [0.717, 1.165) is 43.9 Å². The van der Waals surface area contributed by atoms with Crippen LogP contribution in [0.2, 0.25) is 0 Å². The van der Waals surface area contributed by atoms with Crippen LogP contribution in [0.25, 0.3) is 5.76 Å². The molecule has 1 atom stereocenters. The highest BCUT2D eigenvalue weighted by molar-refractivity contribution is 6.46. The van der Waals surface area contributed by atoms with Crippen molar-refractivity contribution in [2.45, 2.75) is 13.0 Å². The van der Waals surface area contributed by atoms with Crippen molar-refractivity contribution < 1.29 is 29.6 Å². The number of quaternary nitrogens is 2. The number of benzene rings is 2. The zero-order valence-electron chi connectivity index (χ0n) is 18.6. The number of hydrogen-bond donors (Lipinski definition) is 3. The van der Waals surface area contributed by atoms with E-state index in [1.54, 1.807) is 36.3 Å². The van der Waals surface area contributed by atoms with Crippen molar-refractivity contribution in [2.24, 2.45) is 0 Å². The maximum absolute atomic E-state index is 13.1. The monoisotopic (exact) mass is 437 g/mol. The van der Waals surface area contributed by atoms with Gasteiger partial charge in [0.2, 0.25) is 0 Å². The van der Waals surface area contributed by atoms with Crippen molar-refractivity contribution in [3.63, 3.8) is 0 Å². The van der Waals surface area contributed by atoms with Gasteiger partial charge in [-0.1, -0.05) is 29.8 Å². The summed E-state index contributed by atoms with van der Waals surface area (Å²) in [5, 5.41) is 13.4. The number of aliphatic hydroxyl groups is 1. The number of aryl methyl sites for hydroxylation is 1. The van der Waals surface area contributed by atoms with Gasteiger partial charge in [0, 0.05) is 5.56 Å². The molecule has 0 radical (unpaired) electrons. The van der Waals surface area contributed by atoms with E-state index in [-0.39, 0.29) is 11.3 Å². The topological polar surface area (TPSA) is 87.9 Å². The standard InChI is InChI=1S/C25H29N3O4/c1-17-3-5-18(6-4-17)22-21(23(29)19-7-9-20(32-2)10-8-19)24(30)25(31)28(22)16-15-27-13-11-26-12-14-27/h3-10,22,26,29H,11-16H2,1-2H3/p+2. The number of nitrogens with zero attached hydrogens (tertiary/aromatic N) is 1. The molecule has 1 amide bonds. The van der Waals surface area contributed by atoms with Gasteiger partial charge in [0.15, 0.2) is 0 Å². The number of methoxy groups -OCH3 is 1. The van der Waals surface area contributed by atoms with E-state index in [2.05, 4.69) is 5.32 Å². The van der Waals surface area contributed by atoms with Gasteiger partial charge in [-0.15, -0.1) is 0 Å². The number of carbonyl (C=O) groups is 2. The molecular formula is C25H31N3O4+2. The summed E-state index contributed by atoms with van der Waals surface area (Å²) in [4.78, 5) is 29.3. The Morgan fingerprint density at radius 1 is 1.09 bits per heavy atom. The van der Waals surface area contributed by atoms with Gasteiger partial charge >= 0.3 is 0 Å². The van der Waals surface area contributed by atoms with Crippen LogP contribution in [0, 0.1) is 6.92 Å². The van der Waals surface area contributed by atoms with E-state index in [0.29, 0.717) is 17.9 Å². The second-order valence-electron chi connectivity index (χ2n) is 8.50. The minimum absolute atomic E-state index is 0.144. The largest absolute Gasteiger partial charge is 0.507 e. The molecule has 2 aliphatic heterocycles. The molecule has 168 valence electrons. The second kappa shape index (κ2) is 9.54. The van der Waals surface area contributed by atoms with Crippen LogP contribution in [-0.2, 0) is 9.59 Å². The van der Waals surface area contributed by atoms with E-state index < -0.39 is 17.7 Å². The Hall–Kier alpha value is -3.16. The molecule has 2 saturated heterocycles. The molecular weight excluding hydrogens is 406 g/mol. The first-order chi connectivity index (χ1) is 15.5. The number of amides is 1. The molecule has 0 aliphatic carbocycles. The number of ether oxygens (including phenoxy) is 1. The van der Waals surface area contributed by atoms with Gasteiger partial charge in [0.25, 0.3) is 11.7 Å². The quantitative estimate of drug-likeness (QED) is 0.334. The number of likely N-dealkylation sites (tertiary alicyclic amines) is 1. The third-order valence-corrected chi connectivity index (χ3v) is 6.41. The minimum atomic E-state index is -0.633. The van der Waals surface area contributed by atoms with Crippen LogP contribution in [0.3, 0.4) is 0 Å². The summed E-state index contributed by atoms with van der Waals surface area (Å²) in [5.41, 5.74) is 2.55. The highest BCUT2D eigenvalue weighted by Crippen LogP contribution is 2.39. The summed E-state index contributed by atoms with van der Waals surface area (Å²) in [5.74, 6) is -0.683. The predicted octanol–water partition coefficient (Wildman–Crippen LogP) is -0.113. The number of aliphatic hydroxyl groups excluding tert-OH is 1. The normalized spacial score (nSPS) is 21.2. The van der Waals surface area contributed by atoms with Crippen molar-refractivity contribution in [3.8, 4) is 5.75 Å². The fraction of sp³-hybridized carbons (Fsp3) is 0.360. The summed E-state index contributed by atoms with van der Waals surface area (Å²) in [6.45, 7) is 7.49. The minimum Gasteiger partial charge on any atom is -0.507 e. The predicted molar refractivity (Wildman–Crippen MR) is 120 cm³/mol. The van der Waals surface area contributed by atoms with E-state index in [9.17, 15) is 14.7 Å². The van der Waals surface area contributed by atoms with Crippen molar-refractivity contribution in [3.05, 3.63) is 70.8 Å². The molecule has 4 rings (SSSR count). The Morgan fingerprint density at radius 3 is 2.38 bits per heavy atom. The summed E-state index contributed by atoms with van der Waals surface area (Å²) in [6.07, 6.45) is 0. The molecule has 0 aromatic heterocycles. The Balaban J connectivity index is 1.71. The average Bonchev–Trinajstić information content (AvgIpc) is 3.08. The van der Waals surface area contributed by atoms with Gasteiger partial charge in [-0.05, 0) is 36.8 Å². The molecule has 2 aromatic carbocycles. The third kappa shape index (κ3) is 4.40. The van der Waals surface area contributed by atoms with Crippen LogP contribution < -0.4 is 15.0 Å². The smallest absolute Gasteiger partial charge is 0.295 e. The second-order valence-corrected chi connectivity index (χ2v) is 8.50. The first-order valence-electron chi connectivity index (χ1n) is 11.1. The van der Waals surface area contributed by atoms with Gasteiger partial charge in [0.1, 0.15) is 37.7 Å². The first-order valence-corrected chi connectivity index (χ1v) is 11.1. The Kier molecular flexibility index (Phi) is 6.58. The number of carbonyl (C=O) groups excluding carboxylic acids is 2. The van der Waals surface area contributed by atoms with Crippen LogP contribution in [0.5, 0.6) is 5.75 Å². The maximum atomic E-state index is 13.1. The number of rotatable bonds is 6. The van der Waals surface area contributed by atoms with Crippen LogP contribution in [0.1, 0.15) is 22.7 Å². The third-order valence-electron chi connectivity index (χ3n) is 6.41. The summed E-state index contributed by atoms with van der Waals surface area (Å²) in [6, 6.07) is 14.0. The lowest BCUT2D eigenvalue weighted by Gasteiger charge is -2.28. The molecule has 7 heteroatoms. The Morgan fingerprint density at radius 2 is 1.75 bits per heavy atom. The van der Waals surface area contributed by atoms with Crippen molar-refractivity contribution in [1.29, 1.82) is 0 Å². The van der Waals surface area contributed by atoms with Gasteiger partial charge in [0.05, 0.1) is 31.8 Å². The first kappa shape index (κ1) is 22.0. The number of ketones is 1. The number of nitrogens with two attached hydrogens (primary N) is 1. The average molecular weight is 438 g/mol. The molecule has 2 heterocycles. The van der Waals surface area contributed by atoms with Crippen LogP contribution in [0.4, 0.5) is 0 Å². The van der Waals surface area contributed by atoms with E-state index in [4.69, 9.17) is 4.74 Å². The lowest BCUT2D eigenvalue weighted by molar-refractivity contribution is -0.946. The lowest BCUT2D eigenvalue weighted by Crippen LogP contribution is -3.20. The number of Topliss-reactive ketones (excluding diaryl/α,β-unsaturated/α-hetero) is 1. The zero-order valence-corrected chi connectivity index (χ0v) is 18.6. The van der Waals surface area contributed by atoms with Gasteiger partial charge in [-0.25, -0.2) is 0 Å². The summed E-state index contributed by atoms with van der Waals surface area (Å²) >= 11 is 0. The van der Waals surface area contributed by atoms with Crippen molar-refractivity contribution >= 4 is 17.4 Å². The molecule has 32 heavy (non-hydrogen) atoms. The highest BCUT2D eigenvalue weighted by atomic mass is 16.5. The highest BCUT2D eigenvalue weighted by Gasteiger charge is 2.46. The molecule has 0 saturated carbocycles. The van der Waals surface area contributed by atoms with Gasteiger partial charge < -0.3 is 25.0 Å². The molecule has 2 aromatic rings. The Labute approximate surface area is 188 Å². The molecule has 0 spiro atoms. The number of nitrogens with one attached hydrogen (secondary N) is 1. The van der Waals surface area contributed by atoms with Crippen LogP contribution in [-0.4, -0.2) is 68.1 Å². The summed E-state index contributed by atoms with van der Waals surface area (Å²) in [7, 11) is 1.57. The lowest BCUT2D eigenvalue weighted by atomic mass is 9.94. The SMILES string of the molecule is COc1ccc(C(O)=C2C(=O)C(=O)N(CC[NH+]3CC[NH2+]CC3)C2c2ccc(C)cc2)cc1. The number of piperazine rings is 1. The molecule has 2 fully saturated rings. The van der Waals surface area contributed by atoms with E-state index >= 15 is 0 Å². The van der Waals surface area contributed by atoms with E-state index in [1.807, 2.05) is 31.2 Å². The van der Waals surface area contributed by atoms with Crippen LogP contribution in [0.15, 0.2) is 54.1 Å². The molecule has 7 nitrogen and oxygen atoms in total. The van der Waals surface area contributed by atoms with Gasteiger partial charge in [-0.2, -0.15) is 0 Å². The van der Waals surface area contributed by atoms with Crippen molar-refractivity contribution in [1.82, 2.24) is 4.90 Å². The fourth-order valence-electron chi connectivity index (χ4n) is 4.52. The van der Waals surface area contributed by atoms with E-state index in [1.165, 1.54) is 4.90 Å². The number of hydrogen-bond acceptors (Lipinski definition) is 4.